The Balaban J connectivity index is 0.00000176. The molecule has 124 valence electrons. The molecular formula is C16H27ClN4O. The van der Waals surface area contributed by atoms with Crippen molar-refractivity contribution in [3.8, 4) is 0 Å². The van der Waals surface area contributed by atoms with E-state index >= 15 is 0 Å². The van der Waals surface area contributed by atoms with Crippen LogP contribution in [0.25, 0.3) is 0 Å². The third kappa shape index (κ3) is 4.02. The number of aromatic amines is 1. The van der Waals surface area contributed by atoms with Gasteiger partial charge in [-0.2, -0.15) is 5.10 Å². The van der Waals surface area contributed by atoms with Gasteiger partial charge in [-0.3, -0.25) is 9.89 Å². The molecule has 3 rings (SSSR count). The van der Waals surface area contributed by atoms with Crippen molar-refractivity contribution in [3.63, 3.8) is 0 Å². The van der Waals surface area contributed by atoms with Gasteiger partial charge in [0.2, 0.25) is 5.91 Å². The third-order valence-corrected chi connectivity index (χ3v) is 5.07. The molecule has 1 fully saturated rings. The number of nitrogens with one attached hydrogen (secondary N) is 3. The molecule has 5 nitrogen and oxygen atoms in total. The van der Waals surface area contributed by atoms with Gasteiger partial charge < -0.3 is 10.6 Å². The number of amides is 1. The van der Waals surface area contributed by atoms with Gasteiger partial charge in [0.1, 0.15) is 0 Å². The van der Waals surface area contributed by atoms with E-state index in [4.69, 9.17) is 0 Å². The molecule has 22 heavy (non-hydrogen) atoms. The molecule has 2 unspecified atom stereocenters. The van der Waals surface area contributed by atoms with E-state index < -0.39 is 0 Å². The summed E-state index contributed by atoms with van der Waals surface area (Å²) in [6.45, 7) is 4.41. The molecule has 0 bridgehead atoms. The first-order valence-electron chi connectivity index (χ1n) is 8.26. The SMILES string of the molecule is CC(CC(=O)NC1CCCc2cn[nH]c21)C1CCNCC1.Cl. The van der Waals surface area contributed by atoms with E-state index in [1.165, 1.54) is 18.4 Å². The van der Waals surface area contributed by atoms with Gasteiger partial charge in [-0.25, -0.2) is 0 Å². The van der Waals surface area contributed by atoms with Crippen molar-refractivity contribution in [2.75, 3.05) is 13.1 Å². The Hall–Kier alpha value is -1.07. The van der Waals surface area contributed by atoms with Crippen LogP contribution < -0.4 is 10.6 Å². The van der Waals surface area contributed by atoms with Crippen molar-refractivity contribution < 1.29 is 4.79 Å². The molecule has 0 aromatic carbocycles. The van der Waals surface area contributed by atoms with E-state index in [0.717, 1.165) is 38.0 Å². The Morgan fingerprint density at radius 3 is 2.95 bits per heavy atom. The van der Waals surface area contributed by atoms with Crippen LogP contribution in [0.1, 0.15) is 56.3 Å². The molecule has 1 aromatic heterocycles. The van der Waals surface area contributed by atoms with Crippen LogP contribution in [-0.4, -0.2) is 29.2 Å². The third-order valence-electron chi connectivity index (χ3n) is 5.07. The second-order valence-electron chi connectivity index (χ2n) is 6.59. The number of H-pyrrole nitrogens is 1. The highest BCUT2D eigenvalue weighted by Gasteiger charge is 2.26. The maximum Gasteiger partial charge on any atom is 0.220 e. The normalized spacial score (nSPS) is 23.2. The number of aryl methyl sites for hydroxylation is 1. The van der Waals surface area contributed by atoms with Crippen LogP contribution in [0.2, 0.25) is 0 Å². The van der Waals surface area contributed by atoms with Gasteiger partial charge in [-0.1, -0.05) is 6.92 Å². The van der Waals surface area contributed by atoms with Crippen LogP contribution in [0.4, 0.5) is 0 Å². The lowest BCUT2D eigenvalue weighted by molar-refractivity contribution is -0.123. The predicted molar refractivity (Wildman–Crippen MR) is 89.0 cm³/mol. The number of hydrogen-bond acceptors (Lipinski definition) is 3. The number of halogens is 1. The minimum atomic E-state index is 0. The zero-order chi connectivity index (χ0) is 14.7. The second kappa shape index (κ2) is 7.97. The molecule has 2 aliphatic rings. The Morgan fingerprint density at radius 2 is 2.18 bits per heavy atom. The van der Waals surface area contributed by atoms with Crippen LogP contribution in [-0.2, 0) is 11.2 Å². The summed E-state index contributed by atoms with van der Waals surface area (Å²) in [5.41, 5.74) is 2.38. The molecule has 3 N–H and O–H groups in total. The fraction of sp³-hybridized carbons (Fsp3) is 0.750. The fourth-order valence-electron chi connectivity index (χ4n) is 3.73. The molecule has 2 atom stereocenters. The Labute approximate surface area is 138 Å². The van der Waals surface area contributed by atoms with Crippen LogP contribution in [0.5, 0.6) is 0 Å². The Kier molecular flexibility index (Phi) is 6.26. The smallest absolute Gasteiger partial charge is 0.220 e. The molecule has 6 heteroatoms. The molecule has 0 saturated carbocycles. The molecule has 1 aromatic rings. The van der Waals surface area contributed by atoms with Crippen molar-refractivity contribution in [1.29, 1.82) is 0 Å². The lowest BCUT2D eigenvalue weighted by Crippen LogP contribution is -2.35. The molecule has 2 heterocycles. The predicted octanol–water partition coefficient (Wildman–Crippen LogP) is 2.35. The van der Waals surface area contributed by atoms with Gasteiger partial charge in [0, 0.05) is 6.42 Å². The monoisotopic (exact) mass is 326 g/mol. The summed E-state index contributed by atoms with van der Waals surface area (Å²) in [5.74, 6) is 1.34. The molecule has 0 radical (unpaired) electrons. The maximum atomic E-state index is 12.3. The van der Waals surface area contributed by atoms with Gasteiger partial charge in [-0.05, 0) is 62.6 Å². The fourth-order valence-corrected chi connectivity index (χ4v) is 3.73. The summed E-state index contributed by atoms with van der Waals surface area (Å²) in [7, 11) is 0. The lowest BCUT2D eigenvalue weighted by atomic mass is 9.84. The number of aromatic nitrogens is 2. The second-order valence-corrected chi connectivity index (χ2v) is 6.59. The number of carbonyl (C=O) groups is 1. The minimum absolute atomic E-state index is 0. The summed E-state index contributed by atoms with van der Waals surface area (Å²) in [4.78, 5) is 12.3. The molecular weight excluding hydrogens is 300 g/mol. The first kappa shape index (κ1) is 17.3. The van der Waals surface area contributed by atoms with Crippen molar-refractivity contribution in [3.05, 3.63) is 17.5 Å². The standard InChI is InChI=1S/C16H26N4O.ClH/c1-11(12-5-7-17-8-6-12)9-15(21)19-14-4-2-3-13-10-18-20-16(13)14;/h10-12,14,17H,2-9H2,1H3,(H,18,20)(H,19,21);1H. The van der Waals surface area contributed by atoms with E-state index in [9.17, 15) is 4.79 Å². The van der Waals surface area contributed by atoms with Crippen LogP contribution >= 0.6 is 12.4 Å². The average molecular weight is 327 g/mol. The zero-order valence-corrected chi connectivity index (χ0v) is 14.0. The highest BCUT2D eigenvalue weighted by Crippen LogP contribution is 2.29. The summed E-state index contributed by atoms with van der Waals surface area (Å²) >= 11 is 0. The zero-order valence-electron chi connectivity index (χ0n) is 13.2. The highest BCUT2D eigenvalue weighted by molar-refractivity contribution is 5.85. The molecule has 1 saturated heterocycles. The van der Waals surface area contributed by atoms with Crippen molar-refractivity contribution >= 4 is 18.3 Å². The highest BCUT2D eigenvalue weighted by atomic mass is 35.5. The lowest BCUT2D eigenvalue weighted by Gasteiger charge is -2.29. The van der Waals surface area contributed by atoms with Gasteiger partial charge in [0.05, 0.1) is 17.9 Å². The molecule has 0 spiro atoms. The number of nitrogens with zero attached hydrogens (tertiary/aromatic N) is 1. The number of rotatable bonds is 4. The Morgan fingerprint density at radius 1 is 1.41 bits per heavy atom. The van der Waals surface area contributed by atoms with Crippen LogP contribution in [0.3, 0.4) is 0 Å². The van der Waals surface area contributed by atoms with Crippen molar-refractivity contribution in [2.24, 2.45) is 11.8 Å². The quantitative estimate of drug-likeness (QED) is 0.795. The molecule has 1 aliphatic heterocycles. The van der Waals surface area contributed by atoms with E-state index in [1.807, 2.05) is 6.20 Å². The summed E-state index contributed by atoms with van der Waals surface area (Å²) in [5, 5.41) is 13.8. The molecule has 1 aliphatic carbocycles. The van der Waals surface area contributed by atoms with Gasteiger partial charge in [-0.15, -0.1) is 12.4 Å². The van der Waals surface area contributed by atoms with E-state index in [2.05, 4.69) is 27.8 Å². The van der Waals surface area contributed by atoms with Gasteiger partial charge in [0.25, 0.3) is 0 Å². The summed E-state index contributed by atoms with van der Waals surface area (Å²) < 4.78 is 0. The largest absolute Gasteiger partial charge is 0.348 e. The first-order chi connectivity index (χ1) is 10.2. The number of carbonyl (C=O) groups excluding carboxylic acids is 1. The van der Waals surface area contributed by atoms with E-state index in [1.54, 1.807) is 0 Å². The summed E-state index contributed by atoms with van der Waals surface area (Å²) in [6.07, 6.45) is 8.15. The average Bonchev–Trinajstić information content (AvgIpc) is 2.97. The maximum absolute atomic E-state index is 12.3. The van der Waals surface area contributed by atoms with E-state index in [0.29, 0.717) is 18.3 Å². The number of hydrogen-bond donors (Lipinski definition) is 3. The van der Waals surface area contributed by atoms with E-state index in [-0.39, 0.29) is 24.4 Å². The Bertz CT molecular complexity index is 484. The minimum Gasteiger partial charge on any atom is -0.348 e. The van der Waals surface area contributed by atoms with Crippen LogP contribution in [0.15, 0.2) is 6.20 Å². The van der Waals surface area contributed by atoms with Gasteiger partial charge in [0.15, 0.2) is 0 Å². The van der Waals surface area contributed by atoms with Gasteiger partial charge >= 0.3 is 0 Å². The van der Waals surface area contributed by atoms with Crippen molar-refractivity contribution in [2.45, 2.75) is 51.5 Å². The topological polar surface area (TPSA) is 69.8 Å². The van der Waals surface area contributed by atoms with Crippen LogP contribution in [0, 0.1) is 11.8 Å². The summed E-state index contributed by atoms with van der Waals surface area (Å²) in [6, 6.07) is 0.129. The number of piperidine rings is 1. The first-order valence-corrected chi connectivity index (χ1v) is 8.26. The molecule has 1 amide bonds. The number of fused-ring (bicyclic) bond motifs is 1. The van der Waals surface area contributed by atoms with Crippen molar-refractivity contribution in [1.82, 2.24) is 20.8 Å².